The molecular formula is C14H12FIO2. The highest BCUT2D eigenvalue weighted by atomic mass is 127. The highest BCUT2D eigenvalue weighted by Gasteiger charge is 1.88. The van der Waals surface area contributed by atoms with Crippen LogP contribution in [0, 0.1) is 9.39 Å². The number of carbonyl (C=O) groups is 1. The maximum atomic E-state index is 12.1. The predicted molar refractivity (Wildman–Crippen MR) is 77.5 cm³/mol. The molecule has 0 N–H and O–H groups in total. The lowest BCUT2D eigenvalue weighted by Crippen LogP contribution is -1.80. The van der Waals surface area contributed by atoms with Crippen molar-refractivity contribution in [3.05, 3.63) is 63.5 Å². The Labute approximate surface area is 119 Å². The van der Waals surface area contributed by atoms with Crippen LogP contribution < -0.4 is 4.74 Å². The quantitative estimate of drug-likeness (QED) is 0.601. The molecule has 0 saturated heterocycles. The standard InChI is InChI=1S/C7H5FO.C7H7IO/c8-7-3-1-6(5-9)2-4-7;1-9-7-4-2-6(8)3-5-7/h1-5H;2-5H,1H3. The van der Waals surface area contributed by atoms with E-state index in [0.717, 1.165) is 5.75 Å². The Hall–Kier alpha value is -1.43. The summed E-state index contributed by atoms with van der Waals surface area (Å²) in [5.74, 6) is 0.594. The molecule has 4 heteroatoms. The summed E-state index contributed by atoms with van der Waals surface area (Å²) in [4.78, 5) is 10.00. The Morgan fingerprint density at radius 2 is 1.61 bits per heavy atom. The second-order valence-corrected chi connectivity index (χ2v) is 4.57. The van der Waals surface area contributed by atoms with Gasteiger partial charge in [-0.1, -0.05) is 0 Å². The summed E-state index contributed by atoms with van der Waals surface area (Å²) in [7, 11) is 1.67. The molecule has 0 saturated carbocycles. The van der Waals surface area contributed by atoms with Gasteiger partial charge in [0.25, 0.3) is 0 Å². The summed E-state index contributed by atoms with van der Waals surface area (Å²) in [5, 5.41) is 0. The number of hydrogen-bond acceptors (Lipinski definition) is 2. The minimum atomic E-state index is -0.319. The molecule has 0 spiro atoms. The van der Waals surface area contributed by atoms with Crippen LogP contribution in [0.25, 0.3) is 0 Å². The largest absolute Gasteiger partial charge is 0.497 e. The average molecular weight is 358 g/mol. The number of carbonyl (C=O) groups excluding carboxylic acids is 1. The lowest BCUT2D eigenvalue weighted by atomic mass is 10.2. The first-order valence-electron chi connectivity index (χ1n) is 5.16. The molecule has 94 valence electrons. The Balaban J connectivity index is 0.000000180. The van der Waals surface area contributed by atoms with Crippen molar-refractivity contribution in [2.45, 2.75) is 0 Å². The number of ether oxygens (including phenoxy) is 1. The van der Waals surface area contributed by atoms with Crippen molar-refractivity contribution >= 4 is 28.9 Å². The number of methoxy groups -OCH3 is 1. The lowest BCUT2D eigenvalue weighted by Gasteiger charge is -1.96. The minimum absolute atomic E-state index is 0.319. The van der Waals surface area contributed by atoms with Gasteiger partial charge in [0.15, 0.2) is 0 Å². The molecular weight excluding hydrogens is 346 g/mol. The Morgan fingerprint density at radius 1 is 1.06 bits per heavy atom. The van der Waals surface area contributed by atoms with Crippen LogP contribution in [0.15, 0.2) is 48.5 Å². The van der Waals surface area contributed by atoms with Crippen LogP contribution in [0.3, 0.4) is 0 Å². The summed E-state index contributed by atoms with van der Waals surface area (Å²) in [6, 6.07) is 13.3. The van der Waals surface area contributed by atoms with E-state index < -0.39 is 0 Å². The molecule has 0 atom stereocenters. The van der Waals surface area contributed by atoms with E-state index in [4.69, 9.17) is 4.74 Å². The van der Waals surface area contributed by atoms with E-state index in [9.17, 15) is 9.18 Å². The van der Waals surface area contributed by atoms with Crippen LogP contribution in [0.5, 0.6) is 5.75 Å². The van der Waals surface area contributed by atoms with Gasteiger partial charge in [-0.3, -0.25) is 4.79 Å². The Kier molecular flexibility index (Phi) is 6.35. The van der Waals surface area contributed by atoms with Crippen molar-refractivity contribution in [3.63, 3.8) is 0 Å². The summed E-state index contributed by atoms with van der Waals surface area (Å²) >= 11 is 2.26. The van der Waals surface area contributed by atoms with Gasteiger partial charge in [-0.25, -0.2) is 4.39 Å². The van der Waals surface area contributed by atoms with Crippen molar-refractivity contribution in [2.24, 2.45) is 0 Å². The van der Waals surface area contributed by atoms with Crippen LogP contribution in [-0.4, -0.2) is 13.4 Å². The van der Waals surface area contributed by atoms with E-state index in [-0.39, 0.29) is 5.82 Å². The van der Waals surface area contributed by atoms with Gasteiger partial charge in [0.2, 0.25) is 0 Å². The van der Waals surface area contributed by atoms with E-state index in [0.29, 0.717) is 11.8 Å². The smallest absolute Gasteiger partial charge is 0.150 e. The summed E-state index contributed by atoms with van der Waals surface area (Å²) in [5.41, 5.74) is 0.497. The summed E-state index contributed by atoms with van der Waals surface area (Å²) in [6.45, 7) is 0. The minimum Gasteiger partial charge on any atom is -0.497 e. The molecule has 0 unspecified atom stereocenters. The first-order chi connectivity index (χ1) is 8.65. The zero-order valence-corrected chi connectivity index (χ0v) is 11.9. The van der Waals surface area contributed by atoms with Crippen LogP contribution in [-0.2, 0) is 0 Å². The topological polar surface area (TPSA) is 26.3 Å². The van der Waals surface area contributed by atoms with Crippen LogP contribution in [0.1, 0.15) is 10.4 Å². The molecule has 0 aliphatic heterocycles. The molecule has 2 rings (SSSR count). The summed E-state index contributed by atoms with van der Waals surface area (Å²) < 4.78 is 18.3. The first-order valence-corrected chi connectivity index (χ1v) is 6.24. The maximum absolute atomic E-state index is 12.1. The zero-order valence-electron chi connectivity index (χ0n) is 9.77. The van der Waals surface area contributed by atoms with Crippen molar-refractivity contribution in [1.82, 2.24) is 0 Å². The van der Waals surface area contributed by atoms with E-state index in [2.05, 4.69) is 22.6 Å². The third-order valence-electron chi connectivity index (χ3n) is 2.06. The zero-order chi connectivity index (χ0) is 13.4. The number of rotatable bonds is 2. The van der Waals surface area contributed by atoms with Crippen molar-refractivity contribution in [2.75, 3.05) is 7.11 Å². The van der Waals surface area contributed by atoms with Crippen LogP contribution in [0.2, 0.25) is 0 Å². The number of benzene rings is 2. The van der Waals surface area contributed by atoms with Gasteiger partial charge >= 0.3 is 0 Å². The first kappa shape index (κ1) is 14.6. The van der Waals surface area contributed by atoms with Crippen molar-refractivity contribution < 1.29 is 13.9 Å². The summed E-state index contributed by atoms with van der Waals surface area (Å²) in [6.07, 6.45) is 0.680. The molecule has 0 heterocycles. The van der Waals surface area contributed by atoms with Crippen molar-refractivity contribution in [1.29, 1.82) is 0 Å². The third-order valence-corrected chi connectivity index (χ3v) is 2.77. The van der Waals surface area contributed by atoms with Crippen LogP contribution >= 0.6 is 22.6 Å². The average Bonchev–Trinajstić information content (AvgIpc) is 2.41. The van der Waals surface area contributed by atoms with Gasteiger partial charge < -0.3 is 4.74 Å². The van der Waals surface area contributed by atoms with Gasteiger partial charge in [0.1, 0.15) is 17.9 Å². The van der Waals surface area contributed by atoms with E-state index in [1.807, 2.05) is 24.3 Å². The fourth-order valence-corrected chi connectivity index (χ4v) is 1.47. The highest BCUT2D eigenvalue weighted by molar-refractivity contribution is 14.1. The second kappa shape index (κ2) is 7.81. The molecule has 0 amide bonds. The third kappa shape index (κ3) is 5.27. The number of halogens is 2. The van der Waals surface area contributed by atoms with Crippen LogP contribution in [0.4, 0.5) is 4.39 Å². The second-order valence-electron chi connectivity index (χ2n) is 3.33. The van der Waals surface area contributed by atoms with Gasteiger partial charge in [0, 0.05) is 9.13 Å². The molecule has 18 heavy (non-hydrogen) atoms. The molecule has 0 radical (unpaired) electrons. The Bertz CT molecular complexity index is 480. The molecule has 0 aliphatic rings. The predicted octanol–water partition coefficient (Wildman–Crippen LogP) is 3.94. The fraction of sp³-hybridized carbons (Fsp3) is 0.0714. The molecule has 0 bridgehead atoms. The molecule has 0 aromatic heterocycles. The van der Waals surface area contributed by atoms with E-state index >= 15 is 0 Å². The molecule has 2 nitrogen and oxygen atoms in total. The van der Waals surface area contributed by atoms with Crippen molar-refractivity contribution in [3.8, 4) is 5.75 Å². The number of aldehydes is 1. The molecule has 2 aromatic carbocycles. The normalized spacial score (nSPS) is 9.06. The highest BCUT2D eigenvalue weighted by Crippen LogP contribution is 2.11. The van der Waals surface area contributed by atoms with Gasteiger partial charge in [-0.2, -0.15) is 0 Å². The lowest BCUT2D eigenvalue weighted by molar-refractivity contribution is 0.112. The van der Waals surface area contributed by atoms with Gasteiger partial charge in [-0.15, -0.1) is 0 Å². The fourth-order valence-electron chi connectivity index (χ4n) is 1.11. The van der Waals surface area contributed by atoms with E-state index in [1.165, 1.54) is 27.8 Å². The SMILES string of the molecule is COc1ccc(I)cc1.O=Cc1ccc(F)cc1. The monoisotopic (exact) mass is 358 g/mol. The van der Waals surface area contributed by atoms with E-state index in [1.54, 1.807) is 7.11 Å². The Morgan fingerprint density at radius 3 is 2.06 bits per heavy atom. The van der Waals surface area contributed by atoms with Gasteiger partial charge in [0.05, 0.1) is 7.11 Å². The number of hydrogen-bond donors (Lipinski definition) is 0. The molecule has 0 aliphatic carbocycles. The molecule has 0 fully saturated rings. The molecule has 2 aromatic rings. The van der Waals surface area contributed by atoms with Gasteiger partial charge in [-0.05, 0) is 71.1 Å². The maximum Gasteiger partial charge on any atom is 0.150 e.